The summed E-state index contributed by atoms with van der Waals surface area (Å²) in [6, 6.07) is 9.43. The van der Waals surface area contributed by atoms with Crippen LogP contribution in [0.4, 0.5) is 5.69 Å². The van der Waals surface area contributed by atoms with Crippen LogP contribution in [0, 0.1) is 18.8 Å². The number of carbonyl (C=O) groups excluding carboxylic acids is 1. The standard InChI is InChI=1S/C23H27NO2/c1-14-7-8-16(12-20(14)24-26)21(25)17-13-19-18(11-15(17)2)22(3,4)9-10-23(19,5)6/h7-8,11-13H,9-10H2,1-6H3. The Labute approximate surface area is 155 Å². The number of nitrogens with zero attached hydrogens (tertiary/aromatic N) is 1. The fourth-order valence-electron chi connectivity index (χ4n) is 3.97. The zero-order valence-corrected chi connectivity index (χ0v) is 16.6. The van der Waals surface area contributed by atoms with Crippen molar-refractivity contribution < 1.29 is 4.79 Å². The number of rotatable bonds is 3. The minimum atomic E-state index is -0.0469. The van der Waals surface area contributed by atoms with Gasteiger partial charge in [-0.05, 0) is 77.1 Å². The van der Waals surface area contributed by atoms with Gasteiger partial charge in [0.05, 0.1) is 0 Å². The maximum Gasteiger partial charge on any atom is 0.193 e. The second-order valence-corrected chi connectivity index (χ2v) is 8.90. The Morgan fingerprint density at radius 2 is 1.46 bits per heavy atom. The van der Waals surface area contributed by atoms with Crippen molar-refractivity contribution in [1.82, 2.24) is 0 Å². The molecular weight excluding hydrogens is 322 g/mol. The van der Waals surface area contributed by atoms with Crippen molar-refractivity contribution in [2.45, 2.75) is 65.2 Å². The van der Waals surface area contributed by atoms with E-state index in [1.54, 1.807) is 18.2 Å². The molecule has 0 saturated heterocycles. The number of aryl methyl sites for hydroxylation is 2. The first-order valence-corrected chi connectivity index (χ1v) is 9.21. The van der Waals surface area contributed by atoms with Gasteiger partial charge < -0.3 is 0 Å². The first kappa shape index (κ1) is 18.5. The van der Waals surface area contributed by atoms with Crippen LogP contribution in [-0.4, -0.2) is 5.78 Å². The van der Waals surface area contributed by atoms with E-state index < -0.39 is 0 Å². The van der Waals surface area contributed by atoms with Crippen LogP contribution in [0.3, 0.4) is 0 Å². The molecule has 2 aromatic carbocycles. The topological polar surface area (TPSA) is 46.5 Å². The molecule has 0 N–H and O–H groups in total. The maximum absolute atomic E-state index is 13.2. The van der Waals surface area contributed by atoms with Crippen molar-refractivity contribution >= 4 is 11.5 Å². The molecule has 1 aliphatic rings. The summed E-state index contributed by atoms with van der Waals surface area (Å²) in [7, 11) is 0. The monoisotopic (exact) mass is 349 g/mol. The lowest BCUT2D eigenvalue weighted by molar-refractivity contribution is 0.103. The van der Waals surface area contributed by atoms with E-state index in [0.29, 0.717) is 11.3 Å². The van der Waals surface area contributed by atoms with E-state index in [1.807, 2.05) is 13.8 Å². The van der Waals surface area contributed by atoms with Crippen LogP contribution in [0.25, 0.3) is 0 Å². The predicted molar refractivity (Wildman–Crippen MR) is 107 cm³/mol. The normalized spacial score (nSPS) is 17.5. The molecule has 1 aliphatic carbocycles. The van der Waals surface area contributed by atoms with Crippen molar-refractivity contribution in [1.29, 1.82) is 0 Å². The summed E-state index contributed by atoms with van der Waals surface area (Å²) in [5.41, 5.74) is 6.11. The van der Waals surface area contributed by atoms with Gasteiger partial charge in [0.25, 0.3) is 0 Å². The summed E-state index contributed by atoms with van der Waals surface area (Å²) >= 11 is 0. The Balaban J connectivity index is 2.15. The van der Waals surface area contributed by atoms with E-state index in [2.05, 4.69) is 45.0 Å². The van der Waals surface area contributed by atoms with Gasteiger partial charge in [-0.1, -0.05) is 45.9 Å². The molecule has 0 fully saturated rings. The lowest BCUT2D eigenvalue weighted by atomic mass is 9.62. The highest BCUT2D eigenvalue weighted by Crippen LogP contribution is 2.46. The van der Waals surface area contributed by atoms with Gasteiger partial charge in [-0.3, -0.25) is 4.79 Å². The highest BCUT2D eigenvalue weighted by atomic mass is 16.3. The summed E-state index contributed by atoms with van der Waals surface area (Å²) < 4.78 is 0. The van der Waals surface area contributed by atoms with Crippen LogP contribution in [0.15, 0.2) is 35.5 Å². The molecule has 0 spiro atoms. The average molecular weight is 349 g/mol. The fraction of sp³-hybridized carbons (Fsp3) is 0.435. The summed E-state index contributed by atoms with van der Waals surface area (Å²) in [5, 5.41) is 3.04. The Kier molecular flexibility index (Phi) is 4.38. The van der Waals surface area contributed by atoms with Gasteiger partial charge in [-0.15, -0.1) is 4.91 Å². The number of hydrogen-bond donors (Lipinski definition) is 0. The molecule has 0 amide bonds. The zero-order chi connectivity index (χ0) is 19.3. The molecule has 2 aromatic rings. The van der Waals surface area contributed by atoms with Crippen LogP contribution in [-0.2, 0) is 10.8 Å². The van der Waals surface area contributed by atoms with Crippen molar-refractivity contribution in [3.63, 3.8) is 0 Å². The van der Waals surface area contributed by atoms with E-state index in [1.165, 1.54) is 11.1 Å². The molecular formula is C23H27NO2. The number of carbonyl (C=O) groups is 1. The SMILES string of the molecule is Cc1ccc(C(=O)c2cc3c(cc2C)C(C)(C)CCC3(C)C)cc1N=O. The van der Waals surface area contributed by atoms with Crippen LogP contribution >= 0.6 is 0 Å². The van der Waals surface area contributed by atoms with Gasteiger partial charge in [0.15, 0.2) is 5.78 Å². The third-order valence-electron chi connectivity index (χ3n) is 6.01. The molecule has 0 aliphatic heterocycles. The zero-order valence-electron chi connectivity index (χ0n) is 16.6. The lowest BCUT2D eigenvalue weighted by Gasteiger charge is -2.42. The molecule has 0 radical (unpaired) electrons. The number of fused-ring (bicyclic) bond motifs is 1. The Bertz CT molecular complexity index is 907. The van der Waals surface area contributed by atoms with Gasteiger partial charge in [-0.2, -0.15) is 0 Å². The predicted octanol–water partition coefficient (Wildman–Crippen LogP) is 6.28. The molecule has 0 bridgehead atoms. The summed E-state index contributed by atoms with van der Waals surface area (Å²) in [5.74, 6) is -0.0469. The molecule has 0 saturated carbocycles. The van der Waals surface area contributed by atoms with Crippen molar-refractivity contribution in [3.8, 4) is 0 Å². The van der Waals surface area contributed by atoms with E-state index in [0.717, 1.165) is 29.5 Å². The first-order valence-electron chi connectivity index (χ1n) is 9.21. The van der Waals surface area contributed by atoms with Gasteiger partial charge in [0.1, 0.15) is 5.69 Å². The van der Waals surface area contributed by atoms with Crippen molar-refractivity contribution in [2.24, 2.45) is 5.18 Å². The average Bonchev–Trinajstić information content (AvgIpc) is 2.58. The molecule has 0 aromatic heterocycles. The molecule has 3 nitrogen and oxygen atoms in total. The third-order valence-corrected chi connectivity index (χ3v) is 6.01. The minimum Gasteiger partial charge on any atom is -0.289 e. The van der Waals surface area contributed by atoms with Gasteiger partial charge in [0, 0.05) is 11.1 Å². The molecule has 26 heavy (non-hydrogen) atoms. The molecule has 3 rings (SSSR count). The molecule has 136 valence electrons. The van der Waals surface area contributed by atoms with E-state index in [9.17, 15) is 9.70 Å². The van der Waals surface area contributed by atoms with Crippen LogP contribution in [0.5, 0.6) is 0 Å². The molecule has 0 unspecified atom stereocenters. The van der Waals surface area contributed by atoms with Crippen LogP contribution < -0.4 is 0 Å². The maximum atomic E-state index is 13.2. The van der Waals surface area contributed by atoms with Crippen LogP contribution in [0.2, 0.25) is 0 Å². The largest absolute Gasteiger partial charge is 0.289 e. The van der Waals surface area contributed by atoms with E-state index in [4.69, 9.17) is 0 Å². The van der Waals surface area contributed by atoms with Gasteiger partial charge in [-0.25, -0.2) is 0 Å². The first-order chi connectivity index (χ1) is 12.1. The highest BCUT2D eigenvalue weighted by molar-refractivity contribution is 6.10. The summed E-state index contributed by atoms with van der Waals surface area (Å²) in [6.45, 7) is 12.9. The third kappa shape index (κ3) is 3.00. The number of nitroso groups, excluding NO2 is 1. The molecule has 0 heterocycles. The van der Waals surface area contributed by atoms with Crippen molar-refractivity contribution in [3.05, 3.63) is 68.6 Å². The second kappa shape index (κ2) is 6.15. The van der Waals surface area contributed by atoms with Crippen molar-refractivity contribution in [2.75, 3.05) is 0 Å². The smallest absolute Gasteiger partial charge is 0.193 e. The fourth-order valence-corrected chi connectivity index (χ4v) is 3.97. The number of benzene rings is 2. The second-order valence-electron chi connectivity index (χ2n) is 8.90. The Morgan fingerprint density at radius 3 is 2.04 bits per heavy atom. The minimum absolute atomic E-state index is 0.0469. The lowest BCUT2D eigenvalue weighted by Crippen LogP contribution is -2.34. The summed E-state index contributed by atoms with van der Waals surface area (Å²) in [6.07, 6.45) is 2.25. The number of ketones is 1. The number of hydrogen-bond acceptors (Lipinski definition) is 3. The van der Waals surface area contributed by atoms with Gasteiger partial charge >= 0.3 is 0 Å². The highest BCUT2D eigenvalue weighted by Gasteiger charge is 2.37. The molecule has 0 atom stereocenters. The van der Waals surface area contributed by atoms with Crippen LogP contribution in [0.1, 0.15) is 78.7 Å². The van der Waals surface area contributed by atoms with E-state index >= 15 is 0 Å². The molecule has 3 heteroatoms. The Hall–Kier alpha value is -2.29. The van der Waals surface area contributed by atoms with Gasteiger partial charge in [0.2, 0.25) is 0 Å². The quantitative estimate of drug-likeness (QED) is 0.483. The summed E-state index contributed by atoms with van der Waals surface area (Å²) in [4.78, 5) is 24.2. The Morgan fingerprint density at radius 1 is 0.885 bits per heavy atom. The van der Waals surface area contributed by atoms with E-state index in [-0.39, 0.29) is 16.6 Å².